The number of hydrogen-bond acceptors (Lipinski definition) is 4. The topological polar surface area (TPSA) is 113 Å². The summed E-state index contributed by atoms with van der Waals surface area (Å²) >= 11 is 0. The summed E-state index contributed by atoms with van der Waals surface area (Å²) in [5.74, 6) is -1.66. The molecule has 0 saturated carbocycles. The maximum absolute atomic E-state index is 14.0. The predicted molar refractivity (Wildman–Crippen MR) is 194 cm³/mol. The van der Waals surface area contributed by atoms with Gasteiger partial charge in [0.05, 0.1) is 11.7 Å². The van der Waals surface area contributed by atoms with Crippen LogP contribution in [0.25, 0.3) is 17.7 Å². The minimum Gasteiger partial charge on any atom is -0.351 e. The minimum atomic E-state index is -4.17. The summed E-state index contributed by atoms with van der Waals surface area (Å²) in [5.41, 5.74) is 9.87. The Morgan fingerprint density at radius 1 is 0.938 bits per heavy atom. The molecule has 1 aliphatic rings. The second kappa shape index (κ2) is 14.5. The van der Waals surface area contributed by atoms with Gasteiger partial charge < -0.3 is 10.6 Å². The first-order valence-corrected chi connectivity index (χ1v) is 17.7. The molecule has 4 aromatic rings. The van der Waals surface area contributed by atoms with Gasteiger partial charge in [0.25, 0.3) is 16.0 Å². The molecule has 0 heterocycles. The standard InChI is InChI=1S/C40H42N2O5S/c1-27-23-34(35-25-32-7-5-6-8-33(32)26-35)17-18-37(27)42-39(44)36(30-13-9-28(10-14-30)19-20-40(2,3)4)24-29-11-15-31(16-12-29)38(43)41-21-22-48(45,46)47/h5-20,23,25,36H,21-22,24,26H2,1-4H3,(H,41,43)(H,42,44)(H,45,46,47)/b20-19+. The lowest BCUT2D eigenvalue weighted by Gasteiger charge is -2.19. The number of benzene rings is 4. The molecule has 1 aliphatic carbocycles. The van der Waals surface area contributed by atoms with Gasteiger partial charge in [0.2, 0.25) is 5.91 Å². The Labute approximate surface area is 283 Å². The molecule has 2 amide bonds. The van der Waals surface area contributed by atoms with Gasteiger partial charge in [-0.3, -0.25) is 14.1 Å². The second-order valence-electron chi connectivity index (χ2n) is 13.4. The molecule has 0 bridgehead atoms. The summed E-state index contributed by atoms with van der Waals surface area (Å²) in [6, 6.07) is 29.5. The van der Waals surface area contributed by atoms with Crippen LogP contribution in [0.3, 0.4) is 0 Å². The van der Waals surface area contributed by atoms with Gasteiger partial charge in [-0.15, -0.1) is 0 Å². The summed E-state index contributed by atoms with van der Waals surface area (Å²) in [6.45, 7) is 8.24. The van der Waals surface area contributed by atoms with Crippen LogP contribution in [0, 0.1) is 12.3 Å². The van der Waals surface area contributed by atoms with Crippen molar-refractivity contribution in [3.8, 4) is 0 Å². The average molecular weight is 663 g/mol. The van der Waals surface area contributed by atoms with Crippen molar-refractivity contribution in [2.24, 2.45) is 5.41 Å². The van der Waals surface area contributed by atoms with Crippen molar-refractivity contribution >= 4 is 45.3 Å². The van der Waals surface area contributed by atoms with E-state index in [0.717, 1.165) is 39.9 Å². The molecule has 5 rings (SSSR count). The highest BCUT2D eigenvalue weighted by Gasteiger charge is 2.23. The summed E-state index contributed by atoms with van der Waals surface area (Å²) in [5, 5.41) is 5.67. The van der Waals surface area contributed by atoms with E-state index in [2.05, 4.69) is 86.0 Å². The van der Waals surface area contributed by atoms with Crippen molar-refractivity contribution in [1.29, 1.82) is 0 Å². The zero-order chi connectivity index (χ0) is 34.5. The number of rotatable bonds is 11. The first kappa shape index (κ1) is 34.5. The average Bonchev–Trinajstić information content (AvgIpc) is 3.48. The number of fused-ring (bicyclic) bond motifs is 1. The number of allylic oxidation sites excluding steroid dienone is 2. The maximum Gasteiger partial charge on any atom is 0.266 e. The van der Waals surface area contributed by atoms with Crippen LogP contribution in [0.1, 0.15) is 76.0 Å². The summed E-state index contributed by atoms with van der Waals surface area (Å²) < 4.78 is 30.8. The zero-order valence-corrected chi connectivity index (χ0v) is 28.6. The summed E-state index contributed by atoms with van der Waals surface area (Å²) in [6.07, 6.45) is 7.75. The Hall–Kier alpha value is -4.79. The lowest BCUT2D eigenvalue weighted by atomic mass is 9.89. The van der Waals surface area contributed by atoms with Gasteiger partial charge in [-0.1, -0.05) is 106 Å². The van der Waals surface area contributed by atoms with Crippen LogP contribution < -0.4 is 10.6 Å². The molecule has 0 fully saturated rings. The number of hydrogen-bond donors (Lipinski definition) is 3. The second-order valence-corrected chi connectivity index (χ2v) is 15.0. The Morgan fingerprint density at radius 3 is 2.29 bits per heavy atom. The molecule has 3 N–H and O–H groups in total. The molecule has 7 nitrogen and oxygen atoms in total. The first-order chi connectivity index (χ1) is 22.7. The van der Waals surface area contributed by atoms with Crippen LogP contribution in [0.2, 0.25) is 0 Å². The molecule has 0 aliphatic heterocycles. The Balaban J connectivity index is 1.34. The summed E-state index contributed by atoms with van der Waals surface area (Å²) in [7, 11) is -4.17. The van der Waals surface area contributed by atoms with E-state index in [0.29, 0.717) is 12.0 Å². The number of carbonyl (C=O) groups is 2. The first-order valence-electron chi connectivity index (χ1n) is 16.1. The van der Waals surface area contributed by atoms with Crippen molar-refractivity contribution in [2.75, 3.05) is 17.6 Å². The molecule has 0 spiro atoms. The predicted octanol–water partition coefficient (Wildman–Crippen LogP) is 7.73. The normalized spacial score (nSPS) is 13.6. The summed E-state index contributed by atoms with van der Waals surface area (Å²) in [4.78, 5) is 26.5. The van der Waals surface area contributed by atoms with E-state index < -0.39 is 27.7 Å². The fraction of sp³-hybridized carbons (Fsp3) is 0.250. The highest BCUT2D eigenvalue weighted by molar-refractivity contribution is 7.85. The van der Waals surface area contributed by atoms with Gasteiger partial charge >= 0.3 is 0 Å². The number of amides is 2. The van der Waals surface area contributed by atoms with Crippen molar-refractivity contribution < 1.29 is 22.6 Å². The minimum absolute atomic E-state index is 0.0480. The van der Waals surface area contributed by atoms with E-state index in [1.165, 1.54) is 16.7 Å². The quantitative estimate of drug-likeness (QED) is 0.142. The Kier molecular flexibility index (Phi) is 10.5. The van der Waals surface area contributed by atoms with Crippen LogP contribution >= 0.6 is 0 Å². The van der Waals surface area contributed by atoms with Gasteiger partial charge in [0.15, 0.2) is 0 Å². The van der Waals surface area contributed by atoms with Crippen LogP contribution in [-0.2, 0) is 27.8 Å². The Bertz CT molecular complexity index is 1970. The molecule has 48 heavy (non-hydrogen) atoms. The monoisotopic (exact) mass is 662 g/mol. The van der Waals surface area contributed by atoms with E-state index in [4.69, 9.17) is 4.55 Å². The molecular formula is C40H42N2O5S. The van der Waals surface area contributed by atoms with Gasteiger partial charge in [0.1, 0.15) is 0 Å². The Morgan fingerprint density at radius 2 is 1.65 bits per heavy atom. The van der Waals surface area contributed by atoms with Crippen molar-refractivity contribution in [2.45, 2.75) is 46.5 Å². The number of aryl methyl sites for hydroxylation is 1. The van der Waals surface area contributed by atoms with E-state index in [9.17, 15) is 18.0 Å². The SMILES string of the molecule is Cc1cc(C2=Cc3ccccc3C2)ccc1NC(=O)C(Cc1ccc(C(=O)NCCS(=O)(=O)O)cc1)c1ccc(/C=C/C(C)(C)C)cc1. The lowest BCUT2D eigenvalue weighted by molar-refractivity contribution is -0.117. The molecule has 0 radical (unpaired) electrons. The van der Waals surface area contributed by atoms with Crippen LogP contribution in [0.5, 0.6) is 0 Å². The number of nitrogens with one attached hydrogen (secondary N) is 2. The largest absolute Gasteiger partial charge is 0.351 e. The molecule has 8 heteroatoms. The van der Waals surface area contributed by atoms with Crippen molar-refractivity contribution in [3.63, 3.8) is 0 Å². The molecule has 0 aromatic heterocycles. The third-order valence-corrected chi connectivity index (χ3v) is 9.07. The highest BCUT2D eigenvalue weighted by atomic mass is 32.2. The van der Waals surface area contributed by atoms with Gasteiger partial charge in [-0.05, 0) is 94.0 Å². The third kappa shape index (κ3) is 9.40. The number of carbonyl (C=O) groups excluding carboxylic acids is 2. The van der Waals surface area contributed by atoms with E-state index in [1.807, 2.05) is 37.3 Å². The lowest BCUT2D eigenvalue weighted by Crippen LogP contribution is -2.28. The number of anilines is 1. The van der Waals surface area contributed by atoms with E-state index in [-0.39, 0.29) is 17.9 Å². The van der Waals surface area contributed by atoms with Gasteiger partial charge in [0, 0.05) is 17.8 Å². The van der Waals surface area contributed by atoms with Gasteiger partial charge in [-0.25, -0.2) is 0 Å². The molecule has 4 aromatic carbocycles. The third-order valence-electron chi connectivity index (χ3n) is 8.35. The van der Waals surface area contributed by atoms with Crippen molar-refractivity contribution in [3.05, 3.63) is 142 Å². The van der Waals surface area contributed by atoms with Crippen LogP contribution in [0.4, 0.5) is 5.69 Å². The van der Waals surface area contributed by atoms with Gasteiger partial charge in [-0.2, -0.15) is 8.42 Å². The zero-order valence-electron chi connectivity index (χ0n) is 27.8. The fourth-order valence-corrected chi connectivity index (χ4v) is 6.02. The molecule has 0 saturated heterocycles. The molecule has 1 atom stereocenters. The van der Waals surface area contributed by atoms with Crippen molar-refractivity contribution in [1.82, 2.24) is 5.32 Å². The highest BCUT2D eigenvalue weighted by Crippen LogP contribution is 2.33. The molecule has 248 valence electrons. The molecule has 1 unspecified atom stereocenters. The van der Waals surface area contributed by atoms with Crippen LogP contribution in [-0.4, -0.2) is 37.1 Å². The fourth-order valence-electron chi connectivity index (χ4n) is 5.66. The van der Waals surface area contributed by atoms with E-state index >= 15 is 0 Å². The maximum atomic E-state index is 14.0. The van der Waals surface area contributed by atoms with Crippen LogP contribution in [0.15, 0.2) is 97.1 Å². The molecular weight excluding hydrogens is 621 g/mol. The van der Waals surface area contributed by atoms with E-state index in [1.54, 1.807) is 24.3 Å². The smallest absolute Gasteiger partial charge is 0.266 e.